The maximum Gasteiger partial charge on any atom is 0.278 e. The van der Waals surface area contributed by atoms with Gasteiger partial charge in [0.05, 0.1) is 28.0 Å². The molecule has 0 aliphatic carbocycles. The van der Waals surface area contributed by atoms with Crippen molar-refractivity contribution in [2.45, 2.75) is 25.5 Å². The smallest absolute Gasteiger partial charge is 0.278 e. The number of aromatic nitrogens is 4. The molecule has 9 heteroatoms. The molecule has 1 aromatic carbocycles. The molecule has 8 nitrogen and oxygen atoms in total. The summed E-state index contributed by atoms with van der Waals surface area (Å²) in [6, 6.07) is 5.33. The summed E-state index contributed by atoms with van der Waals surface area (Å²) in [4.78, 5) is 24.0. The van der Waals surface area contributed by atoms with Crippen LogP contribution in [0.5, 0.6) is 0 Å². The Bertz CT molecular complexity index is 1040. The highest BCUT2D eigenvalue weighted by Crippen LogP contribution is 2.43. The van der Waals surface area contributed by atoms with Crippen molar-refractivity contribution >= 4 is 17.5 Å². The summed E-state index contributed by atoms with van der Waals surface area (Å²) in [7, 11) is 1.57. The van der Waals surface area contributed by atoms with Crippen molar-refractivity contribution in [2.75, 3.05) is 13.7 Å². The molecule has 138 valence electrons. The second-order valence-electron chi connectivity index (χ2n) is 6.59. The minimum atomic E-state index is -0.115. The van der Waals surface area contributed by atoms with Gasteiger partial charge in [0.2, 0.25) is 0 Å². The standard InChI is InChI=1S/C18H16ClN5O3/c1-26-8-13-21-17(27-22-13)15-16-12-6-3-7-23(12)18(25)14-10(19)4-2-5-11(14)24(16)9-20-15/h2,4-5,9,12H,3,6-8H2,1H3/t12-/m0/s1. The van der Waals surface area contributed by atoms with Crippen LogP contribution in [-0.2, 0) is 11.3 Å². The first-order chi connectivity index (χ1) is 13.2. The summed E-state index contributed by atoms with van der Waals surface area (Å²) in [6.45, 7) is 0.934. The van der Waals surface area contributed by atoms with Crippen LogP contribution in [0.4, 0.5) is 0 Å². The number of carbonyl (C=O) groups excluding carboxylic acids is 1. The summed E-state index contributed by atoms with van der Waals surface area (Å²) < 4.78 is 12.4. The lowest BCUT2D eigenvalue weighted by atomic mass is 10.1. The van der Waals surface area contributed by atoms with Crippen LogP contribution in [0, 0.1) is 0 Å². The highest BCUT2D eigenvalue weighted by Gasteiger charge is 2.40. The zero-order chi connectivity index (χ0) is 18.5. The van der Waals surface area contributed by atoms with Gasteiger partial charge in [-0.1, -0.05) is 22.8 Å². The number of hydrogen-bond acceptors (Lipinski definition) is 6. The fourth-order valence-corrected chi connectivity index (χ4v) is 4.18. The lowest BCUT2D eigenvalue weighted by Gasteiger charge is -2.22. The van der Waals surface area contributed by atoms with Crippen molar-refractivity contribution in [2.24, 2.45) is 0 Å². The molecule has 1 atom stereocenters. The molecule has 1 fully saturated rings. The second kappa shape index (κ2) is 6.17. The van der Waals surface area contributed by atoms with Crippen molar-refractivity contribution in [3.8, 4) is 17.3 Å². The first kappa shape index (κ1) is 16.5. The number of methoxy groups -OCH3 is 1. The fraction of sp³-hybridized carbons (Fsp3) is 0.333. The largest absolute Gasteiger partial charge is 0.377 e. The van der Waals surface area contributed by atoms with E-state index in [0.717, 1.165) is 18.5 Å². The quantitative estimate of drug-likeness (QED) is 0.688. The Morgan fingerprint density at radius 1 is 1.41 bits per heavy atom. The number of hydrogen-bond donors (Lipinski definition) is 0. The van der Waals surface area contributed by atoms with Crippen LogP contribution in [-0.4, -0.2) is 44.2 Å². The van der Waals surface area contributed by atoms with E-state index in [1.807, 2.05) is 21.6 Å². The first-order valence-electron chi connectivity index (χ1n) is 8.68. The predicted octanol–water partition coefficient (Wildman–Crippen LogP) is 3.01. The van der Waals surface area contributed by atoms with Crippen molar-refractivity contribution in [1.29, 1.82) is 0 Å². The average molecular weight is 386 g/mol. The van der Waals surface area contributed by atoms with Gasteiger partial charge in [0.15, 0.2) is 11.5 Å². The number of halogens is 1. The maximum absolute atomic E-state index is 13.2. The Kier molecular flexibility index (Phi) is 3.76. The summed E-state index contributed by atoms with van der Waals surface area (Å²) in [5, 5.41) is 4.37. The van der Waals surface area contributed by atoms with Crippen LogP contribution in [0.15, 0.2) is 29.0 Å². The van der Waals surface area contributed by atoms with Crippen LogP contribution in [0.3, 0.4) is 0 Å². The van der Waals surface area contributed by atoms with Crippen LogP contribution in [0.1, 0.15) is 40.8 Å². The molecule has 1 saturated heterocycles. The van der Waals surface area contributed by atoms with E-state index in [9.17, 15) is 4.79 Å². The predicted molar refractivity (Wildman–Crippen MR) is 95.6 cm³/mol. The molecule has 0 saturated carbocycles. The Morgan fingerprint density at radius 2 is 2.30 bits per heavy atom. The molecule has 4 heterocycles. The van der Waals surface area contributed by atoms with Gasteiger partial charge in [-0.05, 0) is 25.0 Å². The zero-order valence-electron chi connectivity index (χ0n) is 14.6. The van der Waals surface area contributed by atoms with Gasteiger partial charge >= 0.3 is 0 Å². The molecular weight excluding hydrogens is 370 g/mol. The number of imidazole rings is 1. The summed E-state index contributed by atoms with van der Waals surface area (Å²) in [5.41, 5.74) is 2.67. The highest BCUT2D eigenvalue weighted by atomic mass is 35.5. The van der Waals surface area contributed by atoms with E-state index < -0.39 is 0 Å². The van der Waals surface area contributed by atoms with E-state index in [0.29, 0.717) is 40.2 Å². The van der Waals surface area contributed by atoms with Gasteiger partial charge in [-0.25, -0.2) is 4.98 Å². The Hall–Kier alpha value is -2.71. The molecule has 27 heavy (non-hydrogen) atoms. The number of fused-ring (bicyclic) bond motifs is 5. The van der Waals surface area contributed by atoms with Gasteiger partial charge in [-0.15, -0.1) is 0 Å². The molecule has 1 amide bonds. The summed E-state index contributed by atoms with van der Waals surface area (Å²) in [6.07, 6.45) is 3.45. The number of nitrogens with zero attached hydrogens (tertiary/aromatic N) is 5. The van der Waals surface area contributed by atoms with Gasteiger partial charge in [-0.3, -0.25) is 9.36 Å². The molecule has 0 radical (unpaired) electrons. The monoisotopic (exact) mass is 385 g/mol. The van der Waals surface area contributed by atoms with E-state index >= 15 is 0 Å². The zero-order valence-corrected chi connectivity index (χ0v) is 15.3. The third-order valence-electron chi connectivity index (χ3n) is 5.04. The number of benzene rings is 1. The SMILES string of the molecule is COCc1noc(-c2ncn3c2[C@@H]2CCCN2C(=O)c2c(Cl)cccc2-3)n1. The minimum Gasteiger partial charge on any atom is -0.377 e. The molecule has 2 aliphatic rings. The van der Waals surface area contributed by atoms with E-state index in [1.165, 1.54) is 0 Å². The van der Waals surface area contributed by atoms with Crippen LogP contribution in [0.25, 0.3) is 17.3 Å². The summed E-state index contributed by atoms with van der Waals surface area (Å²) in [5.74, 6) is 0.713. The average Bonchev–Trinajstić information content (AvgIpc) is 3.38. The first-order valence-corrected chi connectivity index (χ1v) is 9.06. The lowest BCUT2D eigenvalue weighted by molar-refractivity contribution is 0.0739. The Morgan fingerprint density at radius 3 is 3.15 bits per heavy atom. The van der Waals surface area contributed by atoms with Gasteiger partial charge in [0.1, 0.15) is 12.9 Å². The fourth-order valence-electron chi connectivity index (χ4n) is 3.93. The van der Waals surface area contributed by atoms with E-state index in [1.54, 1.807) is 19.5 Å². The molecule has 5 rings (SSSR count). The molecule has 0 bridgehead atoms. The van der Waals surface area contributed by atoms with Gasteiger partial charge in [0, 0.05) is 13.7 Å². The molecule has 0 spiro atoms. The third kappa shape index (κ3) is 2.40. The number of ether oxygens (including phenoxy) is 1. The van der Waals surface area contributed by atoms with E-state index in [4.69, 9.17) is 20.9 Å². The van der Waals surface area contributed by atoms with Gasteiger partial charge in [-0.2, -0.15) is 4.98 Å². The molecule has 3 aromatic rings. The molecule has 0 N–H and O–H groups in total. The minimum absolute atomic E-state index is 0.0571. The highest BCUT2D eigenvalue weighted by molar-refractivity contribution is 6.34. The van der Waals surface area contributed by atoms with Crippen LogP contribution in [0.2, 0.25) is 5.02 Å². The van der Waals surface area contributed by atoms with Crippen LogP contribution < -0.4 is 0 Å². The molecule has 2 aromatic heterocycles. The number of carbonyl (C=O) groups is 1. The van der Waals surface area contributed by atoms with E-state index in [2.05, 4.69) is 15.1 Å². The Labute approximate surface area is 159 Å². The van der Waals surface area contributed by atoms with Gasteiger partial charge < -0.3 is 14.2 Å². The van der Waals surface area contributed by atoms with Crippen molar-refractivity contribution in [1.82, 2.24) is 24.6 Å². The van der Waals surface area contributed by atoms with Crippen molar-refractivity contribution in [3.63, 3.8) is 0 Å². The topological polar surface area (TPSA) is 86.3 Å². The lowest BCUT2D eigenvalue weighted by Crippen LogP contribution is -2.29. The molecule has 2 aliphatic heterocycles. The second-order valence-corrected chi connectivity index (χ2v) is 6.99. The van der Waals surface area contributed by atoms with E-state index in [-0.39, 0.29) is 18.6 Å². The maximum atomic E-state index is 13.2. The molecule has 0 unspecified atom stereocenters. The van der Waals surface area contributed by atoms with Crippen molar-refractivity contribution < 1.29 is 14.1 Å². The molecular formula is C18H16ClN5O3. The normalized spacial score (nSPS) is 18.2. The van der Waals surface area contributed by atoms with Crippen LogP contribution >= 0.6 is 11.6 Å². The third-order valence-corrected chi connectivity index (χ3v) is 5.36. The van der Waals surface area contributed by atoms with Crippen molar-refractivity contribution in [3.05, 3.63) is 46.6 Å². The number of rotatable bonds is 3. The number of amides is 1. The van der Waals surface area contributed by atoms with Gasteiger partial charge in [0.25, 0.3) is 11.8 Å². The summed E-state index contributed by atoms with van der Waals surface area (Å²) >= 11 is 6.39. The Balaban J connectivity index is 1.74.